The van der Waals surface area contributed by atoms with Crippen LogP contribution in [0.4, 0.5) is 0 Å². The lowest BCUT2D eigenvalue weighted by Gasteiger charge is -2.32. The lowest BCUT2D eigenvalue weighted by atomic mass is 9.71. The van der Waals surface area contributed by atoms with E-state index in [9.17, 15) is 4.79 Å². The lowest BCUT2D eigenvalue weighted by Crippen LogP contribution is -2.28. The van der Waals surface area contributed by atoms with E-state index in [4.69, 9.17) is 5.11 Å². The molecule has 0 amide bonds. The van der Waals surface area contributed by atoms with E-state index >= 15 is 0 Å². The van der Waals surface area contributed by atoms with E-state index in [0.717, 1.165) is 12.8 Å². The van der Waals surface area contributed by atoms with Crippen LogP contribution in [0.15, 0.2) is 30.3 Å². The molecule has 0 bridgehead atoms. The fourth-order valence-corrected chi connectivity index (χ4v) is 1.82. The average molecular weight is 176 g/mol. The molecule has 2 rings (SSSR count). The van der Waals surface area contributed by atoms with E-state index in [2.05, 4.69) is 12.1 Å². The first-order valence-corrected chi connectivity index (χ1v) is 4.55. The molecule has 1 aromatic rings. The van der Waals surface area contributed by atoms with Crippen LogP contribution in [-0.2, 0) is 4.79 Å². The Morgan fingerprint density at radius 1 is 1.23 bits per heavy atom. The molecule has 2 heteroatoms. The predicted octanol–water partition coefficient (Wildman–Crippen LogP) is 2.26. The molecular formula is C11H12O2. The summed E-state index contributed by atoms with van der Waals surface area (Å²) >= 11 is 0. The van der Waals surface area contributed by atoms with Crippen LogP contribution in [0.5, 0.6) is 0 Å². The van der Waals surface area contributed by atoms with Gasteiger partial charge in [-0.2, -0.15) is 0 Å². The fraction of sp³-hybridized carbons (Fsp3) is 0.364. The van der Waals surface area contributed by atoms with Crippen molar-refractivity contribution in [2.24, 2.45) is 5.92 Å². The molecule has 1 aliphatic rings. The minimum absolute atomic E-state index is 0.106. The highest BCUT2D eigenvalue weighted by molar-refractivity contribution is 5.71. The summed E-state index contributed by atoms with van der Waals surface area (Å²) in [4.78, 5) is 10.6. The Balaban J connectivity index is 1.98. The third-order valence-corrected chi connectivity index (χ3v) is 2.76. The molecule has 1 aliphatic carbocycles. The van der Waals surface area contributed by atoms with Crippen molar-refractivity contribution >= 4 is 5.97 Å². The summed E-state index contributed by atoms with van der Waals surface area (Å²) in [5, 5.41) is 8.70. The molecule has 0 saturated heterocycles. The number of carboxylic acids is 1. The maximum Gasteiger partial charge on any atom is 0.306 e. The van der Waals surface area contributed by atoms with E-state index in [0.29, 0.717) is 5.92 Å². The van der Waals surface area contributed by atoms with Gasteiger partial charge in [-0.15, -0.1) is 0 Å². The molecule has 0 atom stereocenters. The first-order chi connectivity index (χ1) is 6.27. The van der Waals surface area contributed by atoms with E-state index in [1.54, 1.807) is 0 Å². The quantitative estimate of drug-likeness (QED) is 0.750. The van der Waals surface area contributed by atoms with Crippen molar-refractivity contribution in [1.29, 1.82) is 0 Å². The van der Waals surface area contributed by atoms with E-state index < -0.39 is 5.97 Å². The van der Waals surface area contributed by atoms with Crippen LogP contribution in [0, 0.1) is 5.92 Å². The maximum atomic E-state index is 10.6. The van der Waals surface area contributed by atoms with Gasteiger partial charge < -0.3 is 5.11 Å². The highest BCUT2D eigenvalue weighted by Crippen LogP contribution is 2.41. The number of benzene rings is 1. The molecule has 13 heavy (non-hydrogen) atoms. The summed E-state index contributed by atoms with van der Waals surface area (Å²) in [6, 6.07) is 10.1. The Bertz CT molecular complexity index is 299. The highest BCUT2D eigenvalue weighted by Gasteiger charge is 2.34. The van der Waals surface area contributed by atoms with Gasteiger partial charge >= 0.3 is 5.97 Å². The number of aliphatic carboxylic acids is 1. The molecule has 0 radical (unpaired) electrons. The maximum absolute atomic E-state index is 10.6. The zero-order valence-electron chi connectivity index (χ0n) is 7.31. The monoisotopic (exact) mass is 176 g/mol. The van der Waals surface area contributed by atoms with E-state index in [1.165, 1.54) is 5.56 Å². The minimum Gasteiger partial charge on any atom is -0.481 e. The van der Waals surface area contributed by atoms with Crippen molar-refractivity contribution in [3.63, 3.8) is 0 Å². The lowest BCUT2D eigenvalue weighted by molar-refractivity contribution is -0.145. The van der Waals surface area contributed by atoms with Crippen molar-refractivity contribution in [3.8, 4) is 0 Å². The van der Waals surface area contributed by atoms with Gasteiger partial charge in [-0.25, -0.2) is 0 Å². The second-order valence-electron chi connectivity index (χ2n) is 3.61. The molecule has 1 saturated carbocycles. The molecule has 2 nitrogen and oxygen atoms in total. The summed E-state index contributed by atoms with van der Waals surface area (Å²) in [6.45, 7) is 0. The van der Waals surface area contributed by atoms with Crippen LogP contribution in [0.25, 0.3) is 0 Å². The van der Waals surface area contributed by atoms with Gasteiger partial charge in [0.25, 0.3) is 0 Å². The molecule has 0 unspecified atom stereocenters. The summed E-state index contributed by atoms with van der Waals surface area (Å²) in [6.07, 6.45) is 1.61. The topological polar surface area (TPSA) is 37.3 Å². The molecule has 0 heterocycles. The van der Waals surface area contributed by atoms with Gasteiger partial charge in [0.05, 0.1) is 5.92 Å². The zero-order chi connectivity index (χ0) is 9.26. The predicted molar refractivity (Wildman–Crippen MR) is 49.5 cm³/mol. The van der Waals surface area contributed by atoms with Gasteiger partial charge in [-0.3, -0.25) is 4.79 Å². The average Bonchev–Trinajstić information content (AvgIpc) is 2.02. The third-order valence-electron chi connectivity index (χ3n) is 2.76. The standard InChI is InChI=1S/C11H12O2/c12-11(13)10-6-9(7-10)8-4-2-1-3-5-8/h1-5,9-10H,6-7H2,(H,12,13)/t9-,10+. The molecule has 1 N–H and O–H groups in total. The fourth-order valence-electron chi connectivity index (χ4n) is 1.82. The van der Waals surface area contributed by atoms with Gasteiger partial charge in [-0.1, -0.05) is 30.3 Å². The van der Waals surface area contributed by atoms with Crippen molar-refractivity contribution < 1.29 is 9.90 Å². The zero-order valence-corrected chi connectivity index (χ0v) is 7.31. The Morgan fingerprint density at radius 3 is 2.38 bits per heavy atom. The number of rotatable bonds is 2. The minimum atomic E-state index is -0.646. The number of hydrogen-bond donors (Lipinski definition) is 1. The van der Waals surface area contributed by atoms with Gasteiger partial charge in [0.15, 0.2) is 0 Å². The smallest absolute Gasteiger partial charge is 0.306 e. The van der Waals surface area contributed by atoms with Gasteiger partial charge in [0.2, 0.25) is 0 Å². The second-order valence-corrected chi connectivity index (χ2v) is 3.61. The normalized spacial score (nSPS) is 26.5. The third kappa shape index (κ3) is 1.57. The summed E-state index contributed by atoms with van der Waals surface area (Å²) in [5.41, 5.74) is 1.28. The SMILES string of the molecule is O=C(O)[C@H]1C[C@@H](c2ccccc2)C1. The molecule has 0 aromatic heterocycles. The molecular weight excluding hydrogens is 164 g/mol. The van der Waals surface area contributed by atoms with Gasteiger partial charge in [0.1, 0.15) is 0 Å². The Hall–Kier alpha value is -1.31. The van der Waals surface area contributed by atoms with Gasteiger partial charge in [-0.05, 0) is 24.3 Å². The number of hydrogen-bond acceptors (Lipinski definition) is 1. The summed E-state index contributed by atoms with van der Waals surface area (Å²) < 4.78 is 0. The van der Waals surface area contributed by atoms with Crippen LogP contribution < -0.4 is 0 Å². The number of carbonyl (C=O) groups is 1. The van der Waals surface area contributed by atoms with Gasteiger partial charge in [0, 0.05) is 0 Å². The molecule has 0 spiro atoms. The van der Waals surface area contributed by atoms with Crippen molar-refractivity contribution in [1.82, 2.24) is 0 Å². The summed E-state index contributed by atoms with van der Waals surface area (Å²) in [7, 11) is 0. The van der Waals surface area contributed by atoms with Crippen molar-refractivity contribution in [2.75, 3.05) is 0 Å². The van der Waals surface area contributed by atoms with Crippen LogP contribution >= 0.6 is 0 Å². The molecule has 1 aromatic carbocycles. The Morgan fingerprint density at radius 2 is 1.85 bits per heavy atom. The van der Waals surface area contributed by atoms with Crippen molar-refractivity contribution in [2.45, 2.75) is 18.8 Å². The molecule has 1 fully saturated rings. The largest absolute Gasteiger partial charge is 0.481 e. The van der Waals surface area contributed by atoms with E-state index in [-0.39, 0.29) is 5.92 Å². The second kappa shape index (κ2) is 3.21. The Kier molecular flexibility index (Phi) is 2.05. The van der Waals surface area contributed by atoms with Crippen LogP contribution in [0.3, 0.4) is 0 Å². The van der Waals surface area contributed by atoms with Crippen molar-refractivity contribution in [3.05, 3.63) is 35.9 Å². The first-order valence-electron chi connectivity index (χ1n) is 4.55. The Labute approximate surface area is 77.2 Å². The first kappa shape index (κ1) is 8.30. The highest BCUT2D eigenvalue weighted by atomic mass is 16.4. The summed E-state index contributed by atoms with van der Waals surface area (Å²) in [5.74, 6) is -0.278. The number of carboxylic acid groups (broad SMARTS) is 1. The van der Waals surface area contributed by atoms with Crippen LogP contribution in [-0.4, -0.2) is 11.1 Å². The van der Waals surface area contributed by atoms with Crippen LogP contribution in [0.2, 0.25) is 0 Å². The van der Waals surface area contributed by atoms with E-state index in [1.807, 2.05) is 18.2 Å². The van der Waals surface area contributed by atoms with Crippen LogP contribution in [0.1, 0.15) is 24.3 Å². The molecule has 0 aliphatic heterocycles. The molecule has 68 valence electrons.